The van der Waals surface area contributed by atoms with Crippen molar-refractivity contribution in [1.82, 2.24) is 0 Å². The quantitative estimate of drug-likeness (QED) is 0.888. The zero-order valence-electron chi connectivity index (χ0n) is 13.8. The SMILES string of the molecule is O=C(Nc1ccc(N2CCCCC2)c(Cl)c1)c1cccc2c1OCO2. The molecule has 0 spiro atoms. The van der Waals surface area contributed by atoms with Crippen LogP contribution in [0.15, 0.2) is 36.4 Å². The van der Waals surface area contributed by atoms with Gasteiger partial charge in [-0.2, -0.15) is 0 Å². The van der Waals surface area contributed by atoms with Gasteiger partial charge in [0.25, 0.3) is 5.91 Å². The molecule has 4 rings (SSSR count). The number of halogens is 1. The van der Waals surface area contributed by atoms with Gasteiger partial charge in [0.05, 0.1) is 16.3 Å². The zero-order chi connectivity index (χ0) is 17.2. The molecular formula is C19H19ClN2O3. The molecule has 2 aromatic carbocycles. The molecule has 130 valence electrons. The van der Waals surface area contributed by atoms with Gasteiger partial charge < -0.3 is 19.7 Å². The molecule has 1 amide bonds. The lowest BCUT2D eigenvalue weighted by Crippen LogP contribution is -2.29. The first-order chi connectivity index (χ1) is 12.2. The minimum Gasteiger partial charge on any atom is -0.454 e. The van der Waals surface area contributed by atoms with Crippen molar-refractivity contribution in [2.45, 2.75) is 19.3 Å². The second kappa shape index (κ2) is 6.84. The lowest BCUT2D eigenvalue weighted by molar-refractivity contribution is 0.102. The third kappa shape index (κ3) is 3.24. The standard InChI is InChI=1S/C19H19ClN2O3/c20-15-11-13(7-8-16(15)22-9-2-1-3-10-22)21-19(23)14-5-4-6-17-18(14)25-12-24-17/h4-8,11H,1-3,9-10,12H2,(H,21,23). The van der Waals surface area contributed by atoms with Gasteiger partial charge in [-0.25, -0.2) is 0 Å². The Hall–Kier alpha value is -2.40. The Kier molecular flexibility index (Phi) is 4.40. The molecule has 2 aliphatic heterocycles. The molecule has 6 heteroatoms. The van der Waals surface area contributed by atoms with Gasteiger partial charge in [0.2, 0.25) is 6.79 Å². The first kappa shape index (κ1) is 16.1. The summed E-state index contributed by atoms with van der Waals surface area (Å²) in [6.45, 7) is 2.19. The number of ether oxygens (including phenoxy) is 2. The number of nitrogens with one attached hydrogen (secondary N) is 1. The van der Waals surface area contributed by atoms with Gasteiger partial charge in [-0.05, 0) is 49.6 Å². The van der Waals surface area contributed by atoms with Crippen LogP contribution in [0.2, 0.25) is 5.02 Å². The van der Waals surface area contributed by atoms with Crippen LogP contribution in [-0.2, 0) is 0 Å². The van der Waals surface area contributed by atoms with E-state index in [1.165, 1.54) is 19.3 Å². The van der Waals surface area contributed by atoms with E-state index in [1.807, 2.05) is 12.1 Å². The van der Waals surface area contributed by atoms with Gasteiger partial charge in [-0.15, -0.1) is 0 Å². The van der Waals surface area contributed by atoms with Gasteiger partial charge in [0.15, 0.2) is 11.5 Å². The maximum atomic E-state index is 12.6. The Morgan fingerprint density at radius 2 is 1.92 bits per heavy atom. The normalized spacial score (nSPS) is 16.0. The van der Waals surface area contributed by atoms with Crippen molar-refractivity contribution >= 4 is 28.9 Å². The summed E-state index contributed by atoms with van der Waals surface area (Å²) in [7, 11) is 0. The molecule has 0 aliphatic carbocycles. The van der Waals surface area contributed by atoms with E-state index in [9.17, 15) is 4.79 Å². The highest BCUT2D eigenvalue weighted by molar-refractivity contribution is 6.33. The summed E-state index contributed by atoms with van der Waals surface area (Å²) >= 11 is 6.45. The largest absolute Gasteiger partial charge is 0.454 e. The van der Waals surface area contributed by atoms with Crippen LogP contribution in [0.25, 0.3) is 0 Å². The summed E-state index contributed by atoms with van der Waals surface area (Å²) in [4.78, 5) is 14.9. The summed E-state index contributed by atoms with van der Waals surface area (Å²) in [5.41, 5.74) is 2.13. The molecule has 1 N–H and O–H groups in total. The average molecular weight is 359 g/mol. The minimum atomic E-state index is -0.246. The number of nitrogens with zero attached hydrogens (tertiary/aromatic N) is 1. The number of hydrogen-bond acceptors (Lipinski definition) is 4. The van der Waals surface area contributed by atoms with Gasteiger partial charge in [0.1, 0.15) is 0 Å². The number of amides is 1. The van der Waals surface area contributed by atoms with Crippen LogP contribution in [0.4, 0.5) is 11.4 Å². The molecule has 0 unspecified atom stereocenters. The zero-order valence-corrected chi connectivity index (χ0v) is 14.5. The number of carbonyl (C=O) groups is 1. The topological polar surface area (TPSA) is 50.8 Å². The van der Waals surface area contributed by atoms with Gasteiger partial charge in [-0.3, -0.25) is 4.79 Å². The molecule has 0 bridgehead atoms. The van der Waals surface area contributed by atoms with E-state index in [1.54, 1.807) is 24.3 Å². The highest BCUT2D eigenvalue weighted by Gasteiger charge is 2.22. The smallest absolute Gasteiger partial charge is 0.259 e. The number of carbonyl (C=O) groups excluding carboxylic acids is 1. The average Bonchev–Trinajstić information content (AvgIpc) is 3.11. The summed E-state index contributed by atoms with van der Waals surface area (Å²) in [6, 6.07) is 10.9. The first-order valence-corrected chi connectivity index (χ1v) is 8.84. The molecule has 1 saturated heterocycles. The Bertz CT molecular complexity index is 803. The van der Waals surface area contributed by atoms with Crippen molar-refractivity contribution in [2.75, 3.05) is 30.1 Å². The van der Waals surface area contributed by atoms with E-state index < -0.39 is 0 Å². The van der Waals surface area contributed by atoms with Crippen LogP contribution in [0.5, 0.6) is 11.5 Å². The number of piperidine rings is 1. The fourth-order valence-corrected chi connectivity index (χ4v) is 3.58. The number of rotatable bonds is 3. The van der Waals surface area contributed by atoms with E-state index in [0.29, 0.717) is 27.8 Å². The number of benzene rings is 2. The van der Waals surface area contributed by atoms with Gasteiger partial charge in [-0.1, -0.05) is 17.7 Å². The Morgan fingerprint density at radius 1 is 1.08 bits per heavy atom. The number of para-hydroxylation sites is 1. The summed E-state index contributed by atoms with van der Waals surface area (Å²) < 4.78 is 10.7. The Balaban J connectivity index is 1.52. The molecule has 5 nitrogen and oxygen atoms in total. The van der Waals surface area contributed by atoms with Crippen molar-refractivity contribution in [3.05, 3.63) is 47.0 Å². The van der Waals surface area contributed by atoms with Crippen LogP contribution in [0.3, 0.4) is 0 Å². The third-order valence-electron chi connectivity index (χ3n) is 4.54. The van der Waals surface area contributed by atoms with Crippen molar-refractivity contribution in [3.8, 4) is 11.5 Å². The second-order valence-electron chi connectivity index (χ2n) is 6.21. The lowest BCUT2D eigenvalue weighted by atomic mass is 10.1. The predicted molar refractivity (Wildman–Crippen MR) is 98.0 cm³/mol. The van der Waals surface area contributed by atoms with E-state index in [0.717, 1.165) is 18.8 Å². The molecule has 1 fully saturated rings. The molecule has 0 radical (unpaired) electrons. The van der Waals surface area contributed by atoms with E-state index in [2.05, 4.69) is 10.2 Å². The van der Waals surface area contributed by atoms with Crippen LogP contribution in [0, 0.1) is 0 Å². The fraction of sp³-hybridized carbons (Fsp3) is 0.316. The summed E-state index contributed by atoms with van der Waals surface area (Å²) in [6.07, 6.45) is 3.65. The molecule has 2 aromatic rings. The molecule has 25 heavy (non-hydrogen) atoms. The summed E-state index contributed by atoms with van der Waals surface area (Å²) in [5, 5.41) is 3.53. The van der Waals surface area contributed by atoms with Crippen LogP contribution < -0.4 is 19.7 Å². The van der Waals surface area contributed by atoms with Crippen LogP contribution in [0.1, 0.15) is 29.6 Å². The highest BCUT2D eigenvalue weighted by Crippen LogP contribution is 2.36. The third-order valence-corrected chi connectivity index (χ3v) is 4.85. The predicted octanol–water partition coefficient (Wildman–Crippen LogP) is 4.31. The molecule has 2 heterocycles. The number of fused-ring (bicyclic) bond motifs is 1. The van der Waals surface area contributed by atoms with Crippen LogP contribution >= 0.6 is 11.6 Å². The molecule has 2 aliphatic rings. The minimum absolute atomic E-state index is 0.135. The molecule has 0 saturated carbocycles. The van der Waals surface area contributed by atoms with Crippen LogP contribution in [-0.4, -0.2) is 25.8 Å². The van der Waals surface area contributed by atoms with Gasteiger partial charge in [0, 0.05) is 18.8 Å². The Labute approximate surface area is 151 Å². The first-order valence-electron chi connectivity index (χ1n) is 8.47. The van der Waals surface area contributed by atoms with Crippen molar-refractivity contribution in [3.63, 3.8) is 0 Å². The fourth-order valence-electron chi connectivity index (χ4n) is 3.28. The molecular weight excluding hydrogens is 340 g/mol. The van der Waals surface area contributed by atoms with E-state index in [4.69, 9.17) is 21.1 Å². The second-order valence-corrected chi connectivity index (χ2v) is 6.61. The number of hydrogen-bond donors (Lipinski definition) is 1. The number of anilines is 2. The summed E-state index contributed by atoms with van der Waals surface area (Å²) in [5.74, 6) is 0.825. The Morgan fingerprint density at radius 3 is 2.72 bits per heavy atom. The van der Waals surface area contributed by atoms with Crippen molar-refractivity contribution in [1.29, 1.82) is 0 Å². The maximum Gasteiger partial charge on any atom is 0.259 e. The van der Waals surface area contributed by atoms with Crippen molar-refractivity contribution in [2.24, 2.45) is 0 Å². The maximum absolute atomic E-state index is 12.6. The molecule has 0 atom stereocenters. The van der Waals surface area contributed by atoms with Gasteiger partial charge >= 0.3 is 0 Å². The highest BCUT2D eigenvalue weighted by atomic mass is 35.5. The van der Waals surface area contributed by atoms with E-state index >= 15 is 0 Å². The van der Waals surface area contributed by atoms with E-state index in [-0.39, 0.29) is 12.7 Å². The van der Waals surface area contributed by atoms with Crippen molar-refractivity contribution < 1.29 is 14.3 Å². The monoisotopic (exact) mass is 358 g/mol. The lowest BCUT2D eigenvalue weighted by Gasteiger charge is -2.29. The molecule has 0 aromatic heterocycles.